The van der Waals surface area contributed by atoms with E-state index in [2.05, 4.69) is 34.5 Å². The van der Waals surface area contributed by atoms with Crippen LogP contribution in [0.15, 0.2) is 12.4 Å². The molecule has 0 bridgehead atoms. The first-order chi connectivity index (χ1) is 7.67. The van der Waals surface area contributed by atoms with Gasteiger partial charge in [-0.05, 0) is 12.8 Å². The van der Waals surface area contributed by atoms with Crippen LogP contribution in [0.25, 0.3) is 0 Å². The highest BCUT2D eigenvalue weighted by molar-refractivity contribution is 4.97. The van der Waals surface area contributed by atoms with Crippen LogP contribution in [0.1, 0.15) is 32.5 Å². The number of rotatable bonds is 4. The van der Waals surface area contributed by atoms with Gasteiger partial charge >= 0.3 is 0 Å². The van der Waals surface area contributed by atoms with E-state index in [1.54, 1.807) is 0 Å². The molecule has 0 radical (unpaired) electrons. The zero-order valence-corrected chi connectivity index (χ0v) is 10.3. The molecule has 2 heterocycles. The maximum absolute atomic E-state index is 6.35. The molecule has 0 spiro atoms. The van der Waals surface area contributed by atoms with Crippen molar-refractivity contribution in [2.24, 2.45) is 5.73 Å². The van der Waals surface area contributed by atoms with E-state index in [0.717, 1.165) is 39.0 Å². The molecule has 2 N–H and O–H groups in total. The fourth-order valence-electron chi connectivity index (χ4n) is 2.28. The van der Waals surface area contributed by atoms with E-state index >= 15 is 0 Å². The first-order valence-corrected chi connectivity index (χ1v) is 6.18. The van der Waals surface area contributed by atoms with E-state index in [0.29, 0.717) is 0 Å². The second-order valence-electron chi connectivity index (χ2n) is 4.82. The molecule has 0 amide bonds. The molecule has 1 aliphatic heterocycles. The van der Waals surface area contributed by atoms with Crippen LogP contribution in [-0.4, -0.2) is 33.1 Å². The third kappa shape index (κ3) is 2.28. The molecular formula is C12H22N4. The van der Waals surface area contributed by atoms with Gasteiger partial charge in [0.1, 0.15) is 5.82 Å². The standard InChI is InChI=1S/C12H22N4/c1-3-12(13,4-2)10-15-7-8-16-6-5-14-11(16)9-15/h5-6H,3-4,7-10,13H2,1-2H3. The van der Waals surface area contributed by atoms with Crippen LogP contribution in [0.5, 0.6) is 0 Å². The van der Waals surface area contributed by atoms with Gasteiger partial charge in [-0.15, -0.1) is 0 Å². The highest BCUT2D eigenvalue weighted by Crippen LogP contribution is 2.17. The summed E-state index contributed by atoms with van der Waals surface area (Å²) in [6.45, 7) is 8.39. The summed E-state index contributed by atoms with van der Waals surface area (Å²) >= 11 is 0. The van der Waals surface area contributed by atoms with Crippen molar-refractivity contribution < 1.29 is 0 Å². The van der Waals surface area contributed by atoms with Gasteiger partial charge in [0.2, 0.25) is 0 Å². The Hall–Kier alpha value is -0.870. The van der Waals surface area contributed by atoms with Crippen molar-refractivity contribution in [3.05, 3.63) is 18.2 Å². The van der Waals surface area contributed by atoms with Crippen LogP contribution in [0.3, 0.4) is 0 Å². The van der Waals surface area contributed by atoms with E-state index in [1.165, 1.54) is 5.82 Å². The van der Waals surface area contributed by atoms with Crippen LogP contribution >= 0.6 is 0 Å². The molecule has 90 valence electrons. The van der Waals surface area contributed by atoms with E-state index in [-0.39, 0.29) is 5.54 Å². The van der Waals surface area contributed by atoms with Gasteiger partial charge in [0.05, 0.1) is 6.54 Å². The molecule has 1 aliphatic rings. The quantitative estimate of drug-likeness (QED) is 0.833. The molecule has 0 unspecified atom stereocenters. The minimum atomic E-state index is -0.0330. The van der Waals surface area contributed by atoms with Gasteiger partial charge in [0, 0.05) is 37.6 Å². The summed E-state index contributed by atoms with van der Waals surface area (Å²) in [5, 5.41) is 0. The van der Waals surface area contributed by atoms with E-state index in [4.69, 9.17) is 5.73 Å². The Labute approximate surface area is 97.4 Å². The van der Waals surface area contributed by atoms with Crippen molar-refractivity contribution in [3.8, 4) is 0 Å². The Morgan fingerprint density at radius 3 is 2.81 bits per heavy atom. The van der Waals surface area contributed by atoms with Crippen molar-refractivity contribution in [1.29, 1.82) is 0 Å². The monoisotopic (exact) mass is 222 g/mol. The maximum atomic E-state index is 6.35. The highest BCUT2D eigenvalue weighted by Gasteiger charge is 2.26. The summed E-state index contributed by atoms with van der Waals surface area (Å²) in [6.07, 6.45) is 6.01. The summed E-state index contributed by atoms with van der Waals surface area (Å²) in [5.74, 6) is 1.17. The Balaban J connectivity index is 1.99. The molecule has 0 atom stereocenters. The van der Waals surface area contributed by atoms with Gasteiger partial charge in [-0.2, -0.15) is 0 Å². The van der Waals surface area contributed by atoms with Crippen molar-refractivity contribution in [2.45, 2.75) is 45.3 Å². The van der Waals surface area contributed by atoms with Crippen molar-refractivity contribution >= 4 is 0 Å². The molecule has 2 rings (SSSR count). The summed E-state index contributed by atoms with van der Waals surface area (Å²) < 4.78 is 2.23. The van der Waals surface area contributed by atoms with Crippen molar-refractivity contribution in [1.82, 2.24) is 14.5 Å². The Morgan fingerprint density at radius 2 is 2.12 bits per heavy atom. The topological polar surface area (TPSA) is 47.1 Å². The predicted molar refractivity (Wildman–Crippen MR) is 65.0 cm³/mol. The molecular weight excluding hydrogens is 200 g/mol. The van der Waals surface area contributed by atoms with Gasteiger partial charge in [-0.3, -0.25) is 4.90 Å². The van der Waals surface area contributed by atoms with Gasteiger partial charge in [-0.1, -0.05) is 13.8 Å². The molecule has 0 saturated heterocycles. The summed E-state index contributed by atoms with van der Waals surface area (Å²) in [4.78, 5) is 6.80. The number of hydrogen-bond acceptors (Lipinski definition) is 3. The normalized spacial score (nSPS) is 17.4. The zero-order chi connectivity index (χ0) is 11.6. The van der Waals surface area contributed by atoms with Crippen LogP contribution < -0.4 is 5.73 Å². The zero-order valence-electron chi connectivity index (χ0n) is 10.3. The highest BCUT2D eigenvalue weighted by atomic mass is 15.2. The number of nitrogens with zero attached hydrogens (tertiary/aromatic N) is 3. The first kappa shape index (κ1) is 11.6. The average Bonchev–Trinajstić information content (AvgIpc) is 2.76. The third-order valence-electron chi connectivity index (χ3n) is 3.77. The molecule has 0 aliphatic carbocycles. The Morgan fingerprint density at radius 1 is 1.38 bits per heavy atom. The molecule has 4 heteroatoms. The molecule has 0 fully saturated rings. The fraction of sp³-hybridized carbons (Fsp3) is 0.750. The lowest BCUT2D eigenvalue weighted by Crippen LogP contribution is -2.51. The molecule has 16 heavy (non-hydrogen) atoms. The number of aromatic nitrogens is 2. The van der Waals surface area contributed by atoms with Gasteiger partial charge in [0.15, 0.2) is 0 Å². The fourth-order valence-corrected chi connectivity index (χ4v) is 2.28. The molecule has 1 aromatic rings. The molecule has 0 aromatic carbocycles. The maximum Gasteiger partial charge on any atom is 0.122 e. The van der Waals surface area contributed by atoms with Crippen LogP contribution in [0.2, 0.25) is 0 Å². The molecule has 0 saturated carbocycles. The van der Waals surface area contributed by atoms with E-state index in [1.807, 2.05) is 6.20 Å². The lowest BCUT2D eigenvalue weighted by molar-refractivity contribution is 0.162. The van der Waals surface area contributed by atoms with Crippen LogP contribution in [0, 0.1) is 0 Å². The first-order valence-electron chi connectivity index (χ1n) is 6.18. The second kappa shape index (κ2) is 4.55. The van der Waals surface area contributed by atoms with Gasteiger partial charge < -0.3 is 10.3 Å². The SMILES string of the molecule is CCC(N)(CC)CN1CCn2ccnc2C1. The minimum absolute atomic E-state index is 0.0330. The third-order valence-corrected chi connectivity index (χ3v) is 3.77. The number of fused-ring (bicyclic) bond motifs is 1. The van der Waals surface area contributed by atoms with E-state index in [9.17, 15) is 0 Å². The van der Waals surface area contributed by atoms with Crippen LogP contribution in [0.4, 0.5) is 0 Å². The number of imidazole rings is 1. The Kier molecular flexibility index (Phi) is 3.30. The largest absolute Gasteiger partial charge is 0.333 e. The number of hydrogen-bond donors (Lipinski definition) is 1. The summed E-state index contributed by atoms with van der Waals surface area (Å²) in [7, 11) is 0. The summed E-state index contributed by atoms with van der Waals surface area (Å²) in [5.41, 5.74) is 6.32. The van der Waals surface area contributed by atoms with Crippen LogP contribution in [-0.2, 0) is 13.1 Å². The lowest BCUT2D eigenvalue weighted by atomic mass is 9.93. The predicted octanol–water partition coefficient (Wildman–Crippen LogP) is 1.22. The number of nitrogens with two attached hydrogens (primary N) is 1. The minimum Gasteiger partial charge on any atom is -0.333 e. The van der Waals surface area contributed by atoms with E-state index < -0.39 is 0 Å². The second-order valence-corrected chi connectivity index (χ2v) is 4.82. The Bertz CT molecular complexity index is 341. The lowest BCUT2D eigenvalue weighted by Gasteiger charge is -2.36. The average molecular weight is 222 g/mol. The van der Waals surface area contributed by atoms with Gasteiger partial charge in [-0.25, -0.2) is 4.98 Å². The molecule has 1 aromatic heterocycles. The smallest absolute Gasteiger partial charge is 0.122 e. The van der Waals surface area contributed by atoms with Crippen molar-refractivity contribution in [3.63, 3.8) is 0 Å². The van der Waals surface area contributed by atoms with Gasteiger partial charge in [0.25, 0.3) is 0 Å². The molecule has 4 nitrogen and oxygen atoms in total. The van der Waals surface area contributed by atoms with Crippen molar-refractivity contribution in [2.75, 3.05) is 13.1 Å². The summed E-state index contributed by atoms with van der Waals surface area (Å²) in [6, 6.07) is 0.